The van der Waals surface area contributed by atoms with E-state index in [4.69, 9.17) is 14.0 Å². The van der Waals surface area contributed by atoms with Crippen molar-refractivity contribution >= 4 is 18.9 Å². The number of hydrogen-bond acceptors (Lipinski definition) is 6. The van der Waals surface area contributed by atoms with Crippen LogP contribution in [0.4, 0.5) is 0 Å². The molecule has 35 heavy (non-hydrogen) atoms. The molecule has 194 valence electrons. The molecular weight excluding hydrogens is 447 g/mol. The number of rotatable bonds is 9. The monoisotopic (exact) mass is 488 g/mol. The van der Waals surface area contributed by atoms with Crippen molar-refractivity contribution in [2.24, 2.45) is 11.8 Å². The molecule has 2 aliphatic rings. The van der Waals surface area contributed by atoms with Crippen molar-refractivity contribution in [2.45, 2.75) is 90.4 Å². The minimum absolute atomic E-state index is 0.233. The minimum Gasteiger partial charge on any atom is -0.497 e. The third kappa shape index (κ3) is 6.37. The summed E-state index contributed by atoms with van der Waals surface area (Å²) in [7, 11) is 1.00. The number of methoxy groups -OCH3 is 1. The molecule has 3 atom stereocenters. The van der Waals surface area contributed by atoms with Crippen molar-refractivity contribution in [1.29, 1.82) is 0 Å². The van der Waals surface area contributed by atoms with Gasteiger partial charge < -0.3 is 29.8 Å². The van der Waals surface area contributed by atoms with Gasteiger partial charge in [0.15, 0.2) is 0 Å². The van der Waals surface area contributed by atoms with Crippen molar-refractivity contribution in [3.8, 4) is 5.75 Å². The molecule has 1 fully saturated rings. The molecule has 1 unspecified atom stereocenters. The van der Waals surface area contributed by atoms with E-state index in [0.717, 1.165) is 17.7 Å². The summed E-state index contributed by atoms with van der Waals surface area (Å²) in [5, 5.41) is 15.7. The fourth-order valence-corrected chi connectivity index (χ4v) is 4.65. The van der Waals surface area contributed by atoms with Crippen LogP contribution >= 0.6 is 0 Å². The van der Waals surface area contributed by atoms with Crippen LogP contribution in [0.2, 0.25) is 0 Å². The summed E-state index contributed by atoms with van der Waals surface area (Å²) in [6.07, 6.45) is 2.68. The number of carbonyl (C=O) groups excluding carboxylic acids is 2. The van der Waals surface area contributed by atoms with E-state index in [9.17, 15) is 14.7 Å². The molecule has 3 rings (SSSR count). The van der Waals surface area contributed by atoms with E-state index < -0.39 is 42.8 Å². The number of fused-ring (bicyclic) bond motifs is 1. The van der Waals surface area contributed by atoms with E-state index in [1.165, 1.54) is 5.56 Å². The molecule has 3 N–H and O–H groups in total. The summed E-state index contributed by atoms with van der Waals surface area (Å²) < 4.78 is 17.7. The van der Waals surface area contributed by atoms with Gasteiger partial charge in [-0.3, -0.25) is 9.59 Å². The first-order valence-electron chi connectivity index (χ1n) is 12.6. The molecule has 1 saturated heterocycles. The van der Waals surface area contributed by atoms with E-state index in [1.807, 2.05) is 45.9 Å². The molecule has 0 spiro atoms. The average Bonchev–Trinajstić information content (AvgIpc) is 3.02. The predicted molar refractivity (Wildman–Crippen MR) is 135 cm³/mol. The van der Waals surface area contributed by atoms with Gasteiger partial charge in [-0.25, -0.2) is 0 Å². The molecule has 0 bridgehead atoms. The van der Waals surface area contributed by atoms with Gasteiger partial charge in [-0.05, 0) is 82.6 Å². The van der Waals surface area contributed by atoms with E-state index in [1.54, 1.807) is 7.11 Å². The fraction of sp³-hybridized carbons (Fsp3) is 0.692. The highest BCUT2D eigenvalue weighted by molar-refractivity contribution is 6.48. The molecule has 1 heterocycles. The SMILES string of the molecule is COc1ccc2c(c1)CC(C(=O)N[C@@H](CO)C(=O)N[C@@H](CC(C)C)B1OC(C)(C)C(C)(C)O1)CC2. The maximum absolute atomic E-state index is 13.1. The smallest absolute Gasteiger partial charge is 0.481 e. The molecule has 0 saturated carbocycles. The lowest BCUT2D eigenvalue weighted by Gasteiger charge is -2.32. The minimum atomic E-state index is -1.05. The second-order valence-corrected chi connectivity index (χ2v) is 11.2. The first kappa shape index (κ1) is 27.5. The predicted octanol–water partition coefficient (Wildman–Crippen LogP) is 2.44. The van der Waals surface area contributed by atoms with Gasteiger partial charge in [0.2, 0.25) is 11.8 Å². The number of benzene rings is 1. The Labute approximate surface area is 209 Å². The van der Waals surface area contributed by atoms with Crippen molar-refractivity contribution in [3.63, 3.8) is 0 Å². The summed E-state index contributed by atoms with van der Waals surface area (Å²) in [6, 6.07) is 4.88. The Hall–Kier alpha value is -2.10. The molecule has 9 heteroatoms. The van der Waals surface area contributed by atoms with Gasteiger partial charge in [-0.2, -0.15) is 0 Å². The van der Waals surface area contributed by atoms with Crippen molar-refractivity contribution in [3.05, 3.63) is 29.3 Å². The zero-order valence-electron chi connectivity index (χ0n) is 22.1. The number of amides is 2. The van der Waals surface area contributed by atoms with Gasteiger partial charge in [0.1, 0.15) is 11.8 Å². The lowest BCUT2D eigenvalue weighted by atomic mass is 9.74. The van der Waals surface area contributed by atoms with Crippen LogP contribution in [-0.2, 0) is 31.7 Å². The Bertz CT molecular complexity index is 903. The molecule has 0 aromatic heterocycles. The summed E-state index contributed by atoms with van der Waals surface area (Å²) in [6.45, 7) is 11.5. The van der Waals surface area contributed by atoms with E-state index in [0.29, 0.717) is 19.3 Å². The number of carbonyl (C=O) groups is 2. The zero-order valence-corrected chi connectivity index (χ0v) is 22.1. The van der Waals surface area contributed by atoms with Crippen LogP contribution < -0.4 is 15.4 Å². The molecule has 1 aromatic rings. The second kappa shape index (κ2) is 10.9. The Morgan fingerprint density at radius 2 is 1.80 bits per heavy atom. The molecule has 1 aliphatic carbocycles. The number of aliphatic hydroxyl groups is 1. The Morgan fingerprint density at radius 1 is 1.14 bits per heavy atom. The zero-order chi connectivity index (χ0) is 26.0. The third-order valence-corrected chi connectivity index (χ3v) is 7.48. The molecular formula is C26H41BN2O6. The molecule has 0 radical (unpaired) electrons. The molecule has 1 aromatic carbocycles. The van der Waals surface area contributed by atoms with Gasteiger partial charge in [0.05, 0.1) is 30.9 Å². The second-order valence-electron chi connectivity index (χ2n) is 11.2. The largest absolute Gasteiger partial charge is 0.497 e. The highest BCUT2D eigenvalue weighted by atomic mass is 16.7. The maximum atomic E-state index is 13.1. The van der Waals surface area contributed by atoms with Gasteiger partial charge in [-0.1, -0.05) is 19.9 Å². The van der Waals surface area contributed by atoms with Crippen LogP contribution in [0.15, 0.2) is 18.2 Å². The van der Waals surface area contributed by atoms with Crippen molar-refractivity contribution in [2.75, 3.05) is 13.7 Å². The first-order chi connectivity index (χ1) is 16.4. The number of nitrogens with one attached hydrogen (secondary N) is 2. The highest BCUT2D eigenvalue weighted by Gasteiger charge is 2.54. The fourth-order valence-electron chi connectivity index (χ4n) is 4.65. The lowest BCUT2D eigenvalue weighted by molar-refractivity contribution is -0.132. The van der Waals surface area contributed by atoms with Crippen LogP contribution in [0.1, 0.15) is 65.5 Å². The lowest BCUT2D eigenvalue weighted by Crippen LogP contribution is -2.56. The average molecular weight is 488 g/mol. The van der Waals surface area contributed by atoms with E-state index in [2.05, 4.69) is 24.5 Å². The Balaban J connectivity index is 1.65. The highest BCUT2D eigenvalue weighted by Crippen LogP contribution is 2.38. The number of aryl methyl sites for hydroxylation is 1. The summed E-state index contributed by atoms with van der Waals surface area (Å²) >= 11 is 0. The van der Waals surface area contributed by atoms with Crippen LogP contribution in [0.3, 0.4) is 0 Å². The van der Waals surface area contributed by atoms with Crippen LogP contribution in [0.25, 0.3) is 0 Å². The molecule has 8 nitrogen and oxygen atoms in total. The van der Waals surface area contributed by atoms with Crippen molar-refractivity contribution < 1.29 is 28.7 Å². The topological polar surface area (TPSA) is 106 Å². The molecule has 1 aliphatic heterocycles. The van der Waals surface area contributed by atoms with Gasteiger partial charge in [-0.15, -0.1) is 0 Å². The standard InChI is InChI=1S/C26H41BN2O6/c1-16(2)12-22(27-34-25(3,4)26(5,6)35-27)29-24(32)21(15-30)28-23(31)18-9-8-17-10-11-20(33-7)14-19(17)13-18/h10-11,14,16,18,21-22,30H,8-9,12-13,15H2,1-7H3,(H,28,31)(H,29,32)/t18?,21-,22-/m0/s1. The van der Waals surface area contributed by atoms with E-state index in [-0.39, 0.29) is 17.7 Å². The summed E-state index contributed by atoms with van der Waals surface area (Å²) in [5.74, 6) is -0.325. The van der Waals surface area contributed by atoms with Crippen molar-refractivity contribution in [1.82, 2.24) is 10.6 Å². The molecule has 2 amide bonds. The van der Waals surface area contributed by atoms with Crippen LogP contribution in [0.5, 0.6) is 5.75 Å². The number of hydrogen-bond donors (Lipinski definition) is 3. The van der Waals surface area contributed by atoms with Gasteiger partial charge >= 0.3 is 7.12 Å². The van der Waals surface area contributed by atoms with Crippen LogP contribution in [0, 0.1) is 11.8 Å². The number of ether oxygens (including phenoxy) is 1. The van der Waals surface area contributed by atoms with Gasteiger partial charge in [0.25, 0.3) is 0 Å². The van der Waals surface area contributed by atoms with E-state index >= 15 is 0 Å². The first-order valence-corrected chi connectivity index (χ1v) is 12.6. The van der Waals surface area contributed by atoms with Crippen LogP contribution in [-0.4, -0.2) is 60.9 Å². The Kier molecular flexibility index (Phi) is 8.55. The number of aliphatic hydroxyl groups excluding tert-OH is 1. The third-order valence-electron chi connectivity index (χ3n) is 7.48. The normalized spacial score (nSPS) is 22.3. The summed E-state index contributed by atoms with van der Waals surface area (Å²) in [4.78, 5) is 26.2. The Morgan fingerprint density at radius 3 is 2.37 bits per heavy atom. The summed E-state index contributed by atoms with van der Waals surface area (Å²) in [5.41, 5.74) is 1.24. The maximum Gasteiger partial charge on any atom is 0.481 e. The quantitative estimate of drug-likeness (QED) is 0.461. The van der Waals surface area contributed by atoms with Gasteiger partial charge in [0, 0.05) is 5.92 Å².